The minimum Gasteiger partial charge on any atom is -0.455 e. The van der Waals surface area contributed by atoms with E-state index in [-0.39, 0.29) is 31.0 Å². The van der Waals surface area contributed by atoms with Crippen LogP contribution in [-0.2, 0) is 19.1 Å². The van der Waals surface area contributed by atoms with Gasteiger partial charge in [-0.3, -0.25) is 4.79 Å². The van der Waals surface area contributed by atoms with E-state index in [0.717, 1.165) is 5.57 Å². The van der Waals surface area contributed by atoms with Crippen molar-refractivity contribution >= 4 is 11.8 Å². The molecule has 5 fully saturated rings. The summed E-state index contributed by atoms with van der Waals surface area (Å²) in [5, 5.41) is 58.1. The lowest BCUT2D eigenvalue weighted by Gasteiger charge is -2.64. The molecule has 5 N–H and O–H groups in total. The maximum Gasteiger partial charge on any atom is 0.334 e. The number of Topliss-reactive ketones (excluding diaryl/α,β-unsaturated/α-hetero) is 1. The van der Waals surface area contributed by atoms with Crippen LogP contribution in [0.1, 0.15) is 79.6 Å². The summed E-state index contributed by atoms with van der Waals surface area (Å²) in [7, 11) is 0. The van der Waals surface area contributed by atoms with Crippen molar-refractivity contribution in [3.63, 3.8) is 0 Å². The largest absolute Gasteiger partial charge is 0.455 e. The number of carbonyl (C=O) groups excluding carboxylic acids is 2. The molecule has 0 aromatic carbocycles. The lowest BCUT2D eigenvalue weighted by molar-refractivity contribution is -0.284. The highest BCUT2D eigenvalue weighted by molar-refractivity contribution is 5.90. The van der Waals surface area contributed by atoms with Gasteiger partial charge in [0.05, 0.1) is 23.2 Å². The normalized spacial score (nSPS) is 56.5. The van der Waals surface area contributed by atoms with Gasteiger partial charge in [0.25, 0.3) is 0 Å². The molecule has 206 valence electrons. The van der Waals surface area contributed by atoms with E-state index in [0.29, 0.717) is 31.3 Å². The maximum atomic E-state index is 13.5. The molecule has 0 amide bonds. The molecule has 12 atom stereocenters. The standard InChI is InChI=1S/C28H40O9/c1-13-10-19(36-22(32)14(13)2)25(5,33)27(35)9-8-26(34)16-11-20-28(37-20)21(31)17(29)12-18(30)24(28,4)15(16)6-7-23(26,27)3/h15-17,19-21,29,31,33-35H,6-12H2,1-5H3/t15-,16+,17-,19?,20+,21-,23-,24-,25-,26+,27-,28-/m0/s1. The molecule has 9 nitrogen and oxygen atoms in total. The molecule has 1 unspecified atom stereocenters. The number of esters is 1. The minimum absolute atomic E-state index is 0.106. The summed E-state index contributed by atoms with van der Waals surface area (Å²) in [4.78, 5) is 26.0. The molecule has 6 aliphatic rings. The van der Waals surface area contributed by atoms with E-state index in [1.54, 1.807) is 6.92 Å². The van der Waals surface area contributed by atoms with Crippen LogP contribution in [0, 0.1) is 22.7 Å². The summed E-state index contributed by atoms with van der Waals surface area (Å²) in [6, 6.07) is 0. The van der Waals surface area contributed by atoms with Gasteiger partial charge in [-0.05, 0) is 71.6 Å². The van der Waals surface area contributed by atoms with E-state index in [9.17, 15) is 35.1 Å². The van der Waals surface area contributed by atoms with Crippen LogP contribution in [0.15, 0.2) is 11.1 Å². The fourth-order valence-corrected chi connectivity index (χ4v) is 9.78. The summed E-state index contributed by atoms with van der Waals surface area (Å²) >= 11 is 0. The number of aliphatic hydroxyl groups excluding tert-OH is 2. The third kappa shape index (κ3) is 2.62. The Hall–Kier alpha value is -1.36. The predicted molar refractivity (Wildman–Crippen MR) is 129 cm³/mol. The Morgan fingerprint density at radius 3 is 2.32 bits per heavy atom. The van der Waals surface area contributed by atoms with Crippen molar-refractivity contribution in [2.75, 3.05) is 0 Å². The van der Waals surface area contributed by atoms with Crippen LogP contribution in [0.3, 0.4) is 0 Å². The summed E-state index contributed by atoms with van der Waals surface area (Å²) in [5.74, 6) is -1.40. The van der Waals surface area contributed by atoms with Crippen molar-refractivity contribution in [2.45, 2.75) is 126 Å². The Labute approximate surface area is 216 Å². The van der Waals surface area contributed by atoms with Gasteiger partial charge in [-0.15, -0.1) is 0 Å². The summed E-state index contributed by atoms with van der Waals surface area (Å²) in [6.07, 6.45) is -2.16. The van der Waals surface area contributed by atoms with Gasteiger partial charge in [0.15, 0.2) is 0 Å². The second-order valence-electron chi connectivity index (χ2n) is 13.5. The zero-order valence-electron chi connectivity index (χ0n) is 22.3. The van der Waals surface area contributed by atoms with Gasteiger partial charge in [0.2, 0.25) is 0 Å². The lowest BCUT2D eigenvalue weighted by atomic mass is 9.41. The highest BCUT2D eigenvalue weighted by Crippen LogP contribution is 2.75. The first-order chi connectivity index (χ1) is 17.0. The van der Waals surface area contributed by atoms with Crippen LogP contribution in [-0.4, -0.2) is 84.1 Å². The van der Waals surface area contributed by atoms with Crippen molar-refractivity contribution < 1.29 is 44.6 Å². The van der Waals surface area contributed by atoms with E-state index in [2.05, 4.69) is 0 Å². The molecule has 0 bridgehead atoms. The van der Waals surface area contributed by atoms with Crippen LogP contribution in [0.4, 0.5) is 0 Å². The Morgan fingerprint density at radius 2 is 1.68 bits per heavy atom. The van der Waals surface area contributed by atoms with Crippen molar-refractivity contribution in [1.29, 1.82) is 0 Å². The molecule has 4 aliphatic carbocycles. The number of ketones is 1. The maximum absolute atomic E-state index is 13.5. The van der Waals surface area contributed by atoms with Gasteiger partial charge >= 0.3 is 5.97 Å². The molecule has 9 heteroatoms. The summed E-state index contributed by atoms with van der Waals surface area (Å²) in [5.41, 5.74) is -7.09. The second kappa shape index (κ2) is 7.23. The lowest BCUT2D eigenvalue weighted by Crippen LogP contribution is -2.74. The third-order valence-electron chi connectivity index (χ3n) is 12.5. The second-order valence-corrected chi connectivity index (χ2v) is 13.5. The zero-order chi connectivity index (χ0) is 27.1. The van der Waals surface area contributed by atoms with Crippen molar-refractivity contribution in [3.8, 4) is 0 Å². The van der Waals surface area contributed by atoms with E-state index in [4.69, 9.17) is 9.47 Å². The number of ether oxygens (including phenoxy) is 2. The Kier molecular flexibility index (Phi) is 5.06. The Morgan fingerprint density at radius 1 is 1.00 bits per heavy atom. The number of cyclic esters (lactones) is 1. The van der Waals surface area contributed by atoms with Gasteiger partial charge in [0, 0.05) is 23.8 Å². The molecule has 1 spiro atoms. The van der Waals surface area contributed by atoms with Gasteiger partial charge in [0.1, 0.15) is 34.8 Å². The highest BCUT2D eigenvalue weighted by Gasteiger charge is 2.85. The quantitative estimate of drug-likeness (QED) is 0.264. The Bertz CT molecular complexity index is 1110. The number of hydrogen-bond acceptors (Lipinski definition) is 9. The van der Waals surface area contributed by atoms with Crippen LogP contribution in [0.25, 0.3) is 0 Å². The molecule has 2 aliphatic heterocycles. The zero-order valence-corrected chi connectivity index (χ0v) is 22.3. The fourth-order valence-electron chi connectivity index (χ4n) is 9.78. The molecule has 4 saturated carbocycles. The first kappa shape index (κ1) is 25.9. The molecule has 6 rings (SSSR count). The Balaban J connectivity index is 1.38. The smallest absolute Gasteiger partial charge is 0.334 e. The van der Waals surface area contributed by atoms with Crippen LogP contribution >= 0.6 is 0 Å². The van der Waals surface area contributed by atoms with Gasteiger partial charge in [-0.1, -0.05) is 12.5 Å². The van der Waals surface area contributed by atoms with Crippen molar-refractivity contribution in [1.82, 2.24) is 0 Å². The van der Waals surface area contributed by atoms with Gasteiger partial charge in [-0.2, -0.15) is 0 Å². The topological polar surface area (TPSA) is 157 Å². The summed E-state index contributed by atoms with van der Waals surface area (Å²) in [6.45, 7) is 8.62. The minimum atomic E-state index is -1.84. The monoisotopic (exact) mass is 520 g/mol. The van der Waals surface area contributed by atoms with E-state index >= 15 is 0 Å². The predicted octanol–water partition coefficient (Wildman–Crippen LogP) is 0.920. The molecule has 37 heavy (non-hydrogen) atoms. The highest BCUT2D eigenvalue weighted by atomic mass is 16.6. The number of aliphatic hydroxyl groups is 5. The van der Waals surface area contributed by atoms with Gasteiger partial charge in [-0.25, -0.2) is 4.79 Å². The van der Waals surface area contributed by atoms with Crippen molar-refractivity contribution in [2.24, 2.45) is 22.7 Å². The molecule has 0 aromatic rings. The van der Waals surface area contributed by atoms with Crippen LogP contribution in [0.2, 0.25) is 0 Å². The number of fused-ring (bicyclic) bond motifs is 4. The molecule has 0 aromatic heterocycles. The number of hydrogen-bond donors (Lipinski definition) is 5. The number of carbonyl (C=O) groups is 2. The summed E-state index contributed by atoms with van der Waals surface area (Å²) < 4.78 is 11.7. The first-order valence-corrected chi connectivity index (χ1v) is 13.6. The molecular formula is C28H40O9. The number of rotatable bonds is 2. The third-order valence-corrected chi connectivity index (χ3v) is 12.5. The van der Waals surface area contributed by atoms with Gasteiger partial charge < -0.3 is 35.0 Å². The fraction of sp³-hybridized carbons (Fsp3) is 0.857. The van der Waals surface area contributed by atoms with Crippen LogP contribution in [0.5, 0.6) is 0 Å². The van der Waals surface area contributed by atoms with E-state index in [1.165, 1.54) is 6.92 Å². The van der Waals surface area contributed by atoms with Crippen LogP contribution < -0.4 is 0 Å². The van der Waals surface area contributed by atoms with Crippen molar-refractivity contribution in [3.05, 3.63) is 11.1 Å². The van der Waals surface area contributed by atoms with E-state index in [1.807, 2.05) is 20.8 Å². The molecule has 2 heterocycles. The number of epoxide rings is 1. The average molecular weight is 521 g/mol. The van der Waals surface area contributed by atoms with E-state index < -0.39 is 69.5 Å². The average Bonchev–Trinajstić information content (AvgIpc) is 3.52. The SMILES string of the molecule is CC1=C(C)C(=O)OC([C@](C)(O)[C@]2(O)CC[C@@]3(O)[C@@H]4C[C@H]5O[C@]56[C@@H](O)[C@@H](O)CC(=O)[C@]6(C)[C@H]4CC[C@]23C)C1. The molecular weight excluding hydrogens is 480 g/mol. The molecule has 1 saturated heterocycles. The first-order valence-electron chi connectivity index (χ1n) is 13.6. The molecule has 0 radical (unpaired) electrons.